The predicted molar refractivity (Wildman–Crippen MR) is 94.3 cm³/mol. The Morgan fingerprint density at radius 1 is 1.08 bits per heavy atom. The second kappa shape index (κ2) is 7.59. The van der Waals surface area contributed by atoms with E-state index in [-0.39, 0.29) is 10.8 Å². The van der Waals surface area contributed by atoms with Crippen LogP contribution in [0.1, 0.15) is 28.4 Å². The van der Waals surface area contributed by atoms with Crippen molar-refractivity contribution in [1.29, 1.82) is 0 Å². The highest BCUT2D eigenvalue weighted by Gasteiger charge is 2.16. The quantitative estimate of drug-likeness (QED) is 0.874. The average Bonchev–Trinajstić information content (AvgIpc) is 2.56. The van der Waals surface area contributed by atoms with Crippen LogP contribution in [0, 0.1) is 6.92 Å². The van der Waals surface area contributed by atoms with Crippen LogP contribution in [0.25, 0.3) is 0 Å². The highest BCUT2D eigenvalue weighted by atomic mass is 32.2. The molecule has 128 valence electrons. The van der Waals surface area contributed by atoms with Crippen LogP contribution >= 0.6 is 0 Å². The van der Waals surface area contributed by atoms with Gasteiger partial charge >= 0.3 is 0 Å². The summed E-state index contributed by atoms with van der Waals surface area (Å²) in [6.45, 7) is 4.55. The third-order valence-electron chi connectivity index (χ3n) is 3.76. The van der Waals surface area contributed by atoms with Crippen LogP contribution in [0.5, 0.6) is 0 Å². The molecule has 1 amide bonds. The normalized spacial score (nSPS) is 11.3. The summed E-state index contributed by atoms with van der Waals surface area (Å²) in [6, 6.07) is 13.9. The highest BCUT2D eigenvalue weighted by molar-refractivity contribution is 7.89. The molecule has 0 aliphatic heterocycles. The molecule has 6 heteroatoms. The molecule has 0 spiro atoms. The van der Waals surface area contributed by atoms with E-state index in [2.05, 4.69) is 4.72 Å². The second-order valence-corrected chi connectivity index (χ2v) is 7.38. The van der Waals surface area contributed by atoms with Crippen molar-refractivity contribution in [2.24, 2.45) is 0 Å². The van der Waals surface area contributed by atoms with Gasteiger partial charge in [-0.15, -0.1) is 0 Å². The molecule has 2 rings (SSSR count). The largest absolute Gasteiger partial charge is 0.337 e. The van der Waals surface area contributed by atoms with Crippen molar-refractivity contribution >= 4 is 15.9 Å². The van der Waals surface area contributed by atoms with Crippen molar-refractivity contribution in [3.8, 4) is 0 Å². The average molecular weight is 346 g/mol. The van der Waals surface area contributed by atoms with E-state index in [1.54, 1.807) is 31.0 Å². The highest BCUT2D eigenvalue weighted by Crippen LogP contribution is 2.14. The van der Waals surface area contributed by atoms with Gasteiger partial charge in [-0.3, -0.25) is 4.79 Å². The van der Waals surface area contributed by atoms with Gasteiger partial charge in [0.25, 0.3) is 5.91 Å². The summed E-state index contributed by atoms with van der Waals surface area (Å²) >= 11 is 0. The summed E-state index contributed by atoms with van der Waals surface area (Å²) in [5.74, 6) is -0.148. The number of nitrogens with one attached hydrogen (secondary N) is 1. The van der Waals surface area contributed by atoms with Gasteiger partial charge in [0.2, 0.25) is 10.0 Å². The van der Waals surface area contributed by atoms with E-state index in [0.717, 1.165) is 11.1 Å². The van der Waals surface area contributed by atoms with Crippen LogP contribution in [0.15, 0.2) is 53.4 Å². The fourth-order valence-electron chi connectivity index (χ4n) is 2.39. The van der Waals surface area contributed by atoms with E-state index < -0.39 is 10.0 Å². The first-order valence-electron chi connectivity index (χ1n) is 7.75. The molecule has 0 atom stereocenters. The van der Waals surface area contributed by atoms with E-state index in [0.29, 0.717) is 18.7 Å². The molecule has 0 aliphatic carbocycles. The minimum atomic E-state index is -3.50. The van der Waals surface area contributed by atoms with Crippen LogP contribution in [0.4, 0.5) is 0 Å². The number of hydrogen-bond acceptors (Lipinski definition) is 3. The minimum absolute atomic E-state index is 0.148. The molecule has 0 aromatic heterocycles. The Hall–Kier alpha value is -2.18. The van der Waals surface area contributed by atoms with E-state index in [9.17, 15) is 13.2 Å². The molecular formula is C18H22N2O3S. The molecule has 0 bridgehead atoms. The van der Waals surface area contributed by atoms with Gasteiger partial charge in [0, 0.05) is 25.7 Å². The number of amides is 1. The molecule has 0 unspecified atom stereocenters. The van der Waals surface area contributed by atoms with Gasteiger partial charge in [-0.2, -0.15) is 0 Å². The summed E-state index contributed by atoms with van der Waals surface area (Å²) in [5, 5.41) is 0. The Balaban J connectivity index is 2.14. The Bertz CT molecular complexity index is 814. The molecular weight excluding hydrogens is 324 g/mol. The van der Waals surface area contributed by atoms with Gasteiger partial charge in [0.05, 0.1) is 4.90 Å². The Labute approximate surface area is 143 Å². The summed E-state index contributed by atoms with van der Waals surface area (Å²) in [4.78, 5) is 14.3. The minimum Gasteiger partial charge on any atom is -0.337 e. The molecule has 5 nitrogen and oxygen atoms in total. The standard InChI is InChI=1S/C18H22N2O3S/c1-4-19-24(22,23)17-11-9-15(10-12-17)18(21)20(3)13-16-8-6-5-7-14(16)2/h5-12,19H,4,13H2,1-3H3. The third kappa shape index (κ3) is 4.21. The van der Waals surface area contributed by atoms with Crippen molar-refractivity contribution in [2.75, 3.05) is 13.6 Å². The van der Waals surface area contributed by atoms with E-state index in [1.807, 2.05) is 31.2 Å². The van der Waals surface area contributed by atoms with Crippen LogP contribution in [-0.2, 0) is 16.6 Å². The van der Waals surface area contributed by atoms with E-state index in [4.69, 9.17) is 0 Å². The molecule has 24 heavy (non-hydrogen) atoms. The van der Waals surface area contributed by atoms with Gasteiger partial charge in [-0.1, -0.05) is 31.2 Å². The smallest absolute Gasteiger partial charge is 0.253 e. The number of carbonyl (C=O) groups is 1. The number of benzene rings is 2. The summed E-state index contributed by atoms with van der Waals surface area (Å²) in [5.41, 5.74) is 2.67. The summed E-state index contributed by atoms with van der Waals surface area (Å²) < 4.78 is 26.3. The van der Waals surface area contributed by atoms with Crippen molar-refractivity contribution in [1.82, 2.24) is 9.62 Å². The number of aryl methyl sites for hydroxylation is 1. The first-order chi connectivity index (χ1) is 11.3. The van der Waals surface area contributed by atoms with E-state index >= 15 is 0 Å². The molecule has 0 saturated heterocycles. The number of sulfonamides is 1. The fraction of sp³-hybridized carbons (Fsp3) is 0.278. The zero-order valence-corrected chi connectivity index (χ0v) is 14.9. The zero-order chi connectivity index (χ0) is 17.7. The van der Waals surface area contributed by atoms with Gasteiger partial charge in [-0.05, 0) is 42.3 Å². The number of hydrogen-bond donors (Lipinski definition) is 1. The number of nitrogens with zero attached hydrogens (tertiary/aromatic N) is 1. The Morgan fingerprint density at radius 2 is 1.71 bits per heavy atom. The molecule has 0 aliphatic rings. The van der Waals surface area contributed by atoms with Gasteiger partial charge in [0.15, 0.2) is 0 Å². The summed E-state index contributed by atoms with van der Waals surface area (Å²) in [6.07, 6.45) is 0. The molecule has 2 aromatic rings. The summed E-state index contributed by atoms with van der Waals surface area (Å²) in [7, 11) is -1.77. The predicted octanol–water partition coefficient (Wildman–Crippen LogP) is 2.57. The van der Waals surface area contributed by atoms with Gasteiger partial charge in [0.1, 0.15) is 0 Å². The number of carbonyl (C=O) groups excluding carboxylic acids is 1. The Morgan fingerprint density at radius 3 is 2.29 bits per heavy atom. The lowest BCUT2D eigenvalue weighted by Crippen LogP contribution is -2.27. The lowest BCUT2D eigenvalue weighted by Gasteiger charge is -2.18. The molecule has 1 N–H and O–H groups in total. The molecule has 0 radical (unpaired) electrons. The SMILES string of the molecule is CCNS(=O)(=O)c1ccc(C(=O)N(C)Cc2ccccc2C)cc1. The van der Waals surface area contributed by atoms with Crippen LogP contribution in [0.2, 0.25) is 0 Å². The lowest BCUT2D eigenvalue weighted by atomic mass is 10.1. The second-order valence-electron chi connectivity index (χ2n) is 5.61. The zero-order valence-electron chi connectivity index (χ0n) is 14.1. The monoisotopic (exact) mass is 346 g/mol. The van der Waals surface area contributed by atoms with Crippen LogP contribution in [-0.4, -0.2) is 32.8 Å². The van der Waals surface area contributed by atoms with Crippen molar-refractivity contribution in [2.45, 2.75) is 25.3 Å². The van der Waals surface area contributed by atoms with Crippen molar-refractivity contribution in [3.05, 3.63) is 65.2 Å². The van der Waals surface area contributed by atoms with E-state index in [1.165, 1.54) is 12.1 Å². The van der Waals surface area contributed by atoms with Crippen LogP contribution < -0.4 is 4.72 Å². The molecule has 2 aromatic carbocycles. The third-order valence-corrected chi connectivity index (χ3v) is 5.32. The maximum absolute atomic E-state index is 12.5. The van der Waals surface area contributed by atoms with Gasteiger partial charge < -0.3 is 4.90 Å². The molecule has 0 saturated carbocycles. The Kier molecular flexibility index (Phi) is 5.75. The van der Waals surface area contributed by atoms with Crippen molar-refractivity contribution < 1.29 is 13.2 Å². The lowest BCUT2D eigenvalue weighted by molar-refractivity contribution is 0.0785. The maximum Gasteiger partial charge on any atom is 0.253 e. The number of rotatable bonds is 6. The topological polar surface area (TPSA) is 66.5 Å². The first-order valence-corrected chi connectivity index (χ1v) is 9.23. The van der Waals surface area contributed by atoms with Gasteiger partial charge in [-0.25, -0.2) is 13.1 Å². The molecule has 0 heterocycles. The van der Waals surface area contributed by atoms with Crippen LogP contribution in [0.3, 0.4) is 0 Å². The first kappa shape index (κ1) is 18.2. The molecule has 0 fully saturated rings. The fourth-order valence-corrected chi connectivity index (χ4v) is 3.43. The van der Waals surface area contributed by atoms with Crippen molar-refractivity contribution in [3.63, 3.8) is 0 Å². The maximum atomic E-state index is 12.5.